The highest BCUT2D eigenvalue weighted by atomic mass is 16.5. The number of aliphatic hydroxyl groups excluding tert-OH is 1. The highest BCUT2D eigenvalue weighted by Crippen LogP contribution is 2.16. The van der Waals surface area contributed by atoms with Crippen molar-refractivity contribution in [3.05, 3.63) is 58.1 Å². The molecule has 0 saturated carbocycles. The minimum atomic E-state index is -0.221. The first kappa shape index (κ1) is 18.0. The van der Waals surface area contributed by atoms with Gasteiger partial charge in [0.05, 0.1) is 26.9 Å². The van der Waals surface area contributed by atoms with E-state index < -0.39 is 0 Å². The number of benzene rings is 1. The van der Waals surface area contributed by atoms with Gasteiger partial charge in [-0.1, -0.05) is 12.1 Å². The molecule has 1 heterocycles. The Labute approximate surface area is 141 Å². The largest absolute Gasteiger partial charge is 0.494 e. The number of ether oxygens (including phenoxy) is 2. The molecule has 2 rings (SSSR count). The number of aliphatic hydroxyl groups is 1. The van der Waals surface area contributed by atoms with E-state index in [-0.39, 0.29) is 17.8 Å². The third-order valence-corrected chi connectivity index (χ3v) is 3.48. The topological polar surface area (TPSA) is 72.1 Å². The molecule has 0 aliphatic heterocycles. The Kier molecular flexibility index (Phi) is 6.84. The van der Waals surface area contributed by atoms with E-state index in [1.165, 1.54) is 19.4 Å². The van der Waals surface area contributed by atoms with E-state index in [4.69, 9.17) is 13.9 Å². The predicted octanol–water partition coefficient (Wildman–Crippen LogP) is 2.04. The van der Waals surface area contributed by atoms with Crippen LogP contribution in [0.3, 0.4) is 0 Å². The summed E-state index contributed by atoms with van der Waals surface area (Å²) in [7, 11) is 1.43. The molecule has 0 saturated heterocycles. The molecule has 6 heteroatoms. The van der Waals surface area contributed by atoms with Crippen LogP contribution in [-0.2, 0) is 13.1 Å². The van der Waals surface area contributed by atoms with Crippen molar-refractivity contribution >= 4 is 0 Å². The van der Waals surface area contributed by atoms with E-state index in [1.54, 1.807) is 0 Å². The summed E-state index contributed by atoms with van der Waals surface area (Å²) in [6.45, 7) is 4.06. The van der Waals surface area contributed by atoms with Crippen molar-refractivity contribution in [2.75, 3.05) is 26.9 Å². The number of hydrogen-bond donors (Lipinski definition) is 1. The molecule has 0 atom stereocenters. The van der Waals surface area contributed by atoms with E-state index in [2.05, 4.69) is 0 Å². The van der Waals surface area contributed by atoms with E-state index in [0.717, 1.165) is 11.3 Å². The summed E-state index contributed by atoms with van der Waals surface area (Å²) in [5, 5.41) is 9.29. The van der Waals surface area contributed by atoms with Crippen LogP contribution in [0, 0.1) is 0 Å². The maximum absolute atomic E-state index is 11.8. The minimum Gasteiger partial charge on any atom is -0.494 e. The maximum atomic E-state index is 11.8. The lowest BCUT2D eigenvalue weighted by Gasteiger charge is -2.21. The van der Waals surface area contributed by atoms with Gasteiger partial charge in [-0.25, -0.2) is 0 Å². The summed E-state index contributed by atoms with van der Waals surface area (Å²) >= 11 is 0. The van der Waals surface area contributed by atoms with Gasteiger partial charge in [0.15, 0.2) is 0 Å². The van der Waals surface area contributed by atoms with Crippen molar-refractivity contribution in [1.29, 1.82) is 0 Å². The fourth-order valence-corrected chi connectivity index (χ4v) is 2.40. The predicted molar refractivity (Wildman–Crippen MR) is 90.3 cm³/mol. The Balaban J connectivity index is 2.10. The van der Waals surface area contributed by atoms with Crippen molar-refractivity contribution < 1.29 is 19.0 Å². The van der Waals surface area contributed by atoms with Gasteiger partial charge < -0.3 is 19.0 Å². The second kappa shape index (κ2) is 9.10. The van der Waals surface area contributed by atoms with E-state index in [1.807, 2.05) is 36.1 Å². The first-order valence-electron chi connectivity index (χ1n) is 7.87. The van der Waals surface area contributed by atoms with Crippen molar-refractivity contribution in [1.82, 2.24) is 4.90 Å². The second-order valence-electron chi connectivity index (χ2n) is 5.29. The fraction of sp³-hybridized carbons (Fsp3) is 0.389. The zero-order valence-electron chi connectivity index (χ0n) is 14.0. The molecule has 1 N–H and O–H groups in total. The first-order chi connectivity index (χ1) is 11.7. The third-order valence-electron chi connectivity index (χ3n) is 3.48. The molecule has 2 aromatic rings. The van der Waals surface area contributed by atoms with Gasteiger partial charge in [0, 0.05) is 19.2 Å². The lowest BCUT2D eigenvalue weighted by atomic mass is 10.2. The van der Waals surface area contributed by atoms with Gasteiger partial charge in [-0.2, -0.15) is 0 Å². The van der Waals surface area contributed by atoms with Gasteiger partial charge in [0.2, 0.25) is 11.2 Å². The van der Waals surface area contributed by atoms with Crippen LogP contribution in [0.15, 0.2) is 45.8 Å². The van der Waals surface area contributed by atoms with Crippen LogP contribution in [-0.4, -0.2) is 36.9 Å². The zero-order chi connectivity index (χ0) is 17.4. The smallest absolute Gasteiger partial charge is 0.227 e. The molecule has 0 fully saturated rings. The molecule has 0 aliphatic rings. The minimum absolute atomic E-state index is 0.0194. The van der Waals surface area contributed by atoms with E-state index in [0.29, 0.717) is 32.0 Å². The first-order valence-corrected chi connectivity index (χ1v) is 7.87. The SMILES string of the molecule is CCOc1cccc(CN(CCO)Cc2cc(=O)c(OC)co2)c1. The van der Waals surface area contributed by atoms with Crippen molar-refractivity contribution in [2.45, 2.75) is 20.0 Å². The summed E-state index contributed by atoms with van der Waals surface area (Å²) < 4.78 is 15.9. The van der Waals surface area contributed by atoms with Crippen LogP contribution in [0.25, 0.3) is 0 Å². The molecule has 6 nitrogen and oxygen atoms in total. The van der Waals surface area contributed by atoms with Gasteiger partial charge in [0.1, 0.15) is 17.8 Å². The summed E-state index contributed by atoms with van der Waals surface area (Å²) in [6, 6.07) is 9.23. The molecule has 0 radical (unpaired) electrons. The van der Waals surface area contributed by atoms with Gasteiger partial charge >= 0.3 is 0 Å². The zero-order valence-corrected chi connectivity index (χ0v) is 14.0. The van der Waals surface area contributed by atoms with Crippen molar-refractivity contribution in [3.63, 3.8) is 0 Å². The fourth-order valence-electron chi connectivity index (χ4n) is 2.40. The second-order valence-corrected chi connectivity index (χ2v) is 5.29. The van der Waals surface area contributed by atoms with Crippen LogP contribution in [0.4, 0.5) is 0 Å². The number of hydrogen-bond acceptors (Lipinski definition) is 6. The molecular formula is C18H23NO5. The van der Waals surface area contributed by atoms with Crippen molar-refractivity contribution in [2.24, 2.45) is 0 Å². The van der Waals surface area contributed by atoms with Crippen LogP contribution >= 0.6 is 0 Å². The average molecular weight is 333 g/mol. The Morgan fingerprint density at radius 2 is 2.08 bits per heavy atom. The molecule has 24 heavy (non-hydrogen) atoms. The molecular weight excluding hydrogens is 310 g/mol. The monoisotopic (exact) mass is 333 g/mol. The highest BCUT2D eigenvalue weighted by molar-refractivity contribution is 5.28. The van der Waals surface area contributed by atoms with Crippen LogP contribution in [0.1, 0.15) is 18.2 Å². The molecule has 1 aromatic heterocycles. The van der Waals surface area contributed by atoms with E-state index >= 15 is 0 Å². The summed E-state index contributed by atoms with van der Waals surface area (Å²) in [5.41, 5.74) is 0.839. The molecule has 0 bridgehead atoms. The summed E-state index contributed by atoms with van der Waals surface area (Å²) in [6.07, 6.45) is 1.31. The molecule has 0 spiro atoms. The van der Waals surface area contributed by atoms with Gasteiger partial charge in [-0.15, -0.1) is 0 Å². The normalized spacial score (nSPS) is 10.8. The van der Waals surface area contributed by atoms with Gasteiger partial charge in [0.25, 0.3) is 0 Å². The van der Waals surface area contributed by atoms with Gasteiger partial charge in [-0.05, 0) is 24.6 Å². The van der Waals surface area contributed by atoms with Crippen LogP contribution < -0.4 is 14.9 Å². The average Bonchev–Trinajstić information content (AvgIpc) is 2.56. The Morgan fingerprint density at radius 3 is 2.75 bits per heavy atom. The quantitative estimate of drug-likeness (QED) is 0.757. The summed E-state index contributed by atoms with van der Waals surface area (Å²) in [5.74, 6) is 1.52. The Hall–Kier alpha value is -2.31. The molecule has 130 valence electrons. The highest BCUT2D eigenvalue weighted by Gasteiger charge is 2.11. The number of rotatable bonds is 9. The number of nitrogens with zero attached hydrogens (tertiary/aromatic N) is 1. The Bertz CT molecular complexity index is 698. The third kappa shape index (κ3) is 5.11. The van der Waals surface area contributed by atoms with Crippen LogP contribution in [0.5, 0.6) is 11.5 Å². The van der Waals surface area contributed by atoms with Crippen molar-refractivity contribution in [3.8, 4) is 11.5 Å². The number of methoxy groups -OCH3 is 1. The lowest BCUT2D eigenvalue weighted by Crippen LogP contribution is -2.26. The standard InChI is InChI=1S/C18H23NO5/c1-3-23-15-6-4-5-14(9-15)11-19(7-8-20)12-16-10-17(21)18(22-2)13-24-16/h4-6,9-10,13,20H,3,7-8,11-12H2,1-2H3. The van der Waals surface area contributed by atoms with Gasteiger partial charge in [-0.3, -0.25) is 9.69 Å². The molecule has 0 aliphatic carbocycles. The Morgan fingerprint density at radius 1 is 1.25 bits per heavy atom. The molecule has 0 unspecified atom stereocenters. The molecule has 0 amide bonds. The summed E-state index contributed by atoms with van der Waals surface area (Å²) in [4.78, 5) is 13.8. The van der Waals surface area contributed by atoms with Crippen LogP contribution in [0.2, 0.25) is 0 Å². The maximum Gasteiger partial charge on any atom is 0.227 e. The lowest BCUT2D eigenvalue weighted by molar-refractivity contribution is 0.173. The molecule has 1 aromatic carbocycles. The van der Waals surface area contributed by atoms with E-state index in [9.17, 15) is 9.90 Å².